The highest BCUT2D eigenvalue weighted by atomic mass is 32.2. The molecule has 16 heavy (non-hydrogen) atoms. The van der Waals surface area contributed by atoms with Crippen molar-refractivity contribution in [1.29, 1.82) is 0 Å². The number of hydrogen-bond acceptors (Lipinski definition) is 4. The van der Waals surface area contributed by atoms with E-state index >= 15 is 0 Å². The molecule has 1 fully saturated rings. The van der Waals surface area contributed by atoms with E-state index in [9.17, 15) is 0 Å². The summed E-state index contributed by atoms with van der Waals surface area (Å²) >= 11 is 2.09. The van der Waals surface area contributed by atoms with Gasteiger partial charge in [-0.25, -0.2) is 0 Å². The molecule has 1 saturated heterocycles. The lowest BCUT2D eigenvalue weighted by Gasteiger charge is -2.20. The average Bonchev–Trinajstić information content (AvgIpc) is 2.89. The van der Waals surface area contributed by atoms with E-state index < -0.39 is 0 Å². The molecule has 2 unspecified atom stereocenters. The minimum atomic E-state index is 0.283. The van der Waals surface area contributed by atoms with Crippen LogP contribution in [0.15, 0.2) is 0 Å². The Morgan fingerprint density at radius 3 is 3.12 bits per heavy atom. The van der Waals surface area contributed by atoms with Crippen molar-refractivity contribution in [3.05, 3.63) is 11.6 Å². The van der Waals surface area contributed by atoms with Crippen LogP contribution in [0.2, 0.25) is 0 Å². The van der Waals surface area contributed by atoms with Crippen LogP contribution < -0.4 is 5.73 Å². The van der Waals surface area contributed by atoms with Crippen LogP contribution in [0.4, 0.5) is 0 Å². The maximum Gasteiger partial charge on any atom is 0.134 e. The number of hydrogen-bond donors (Lipinski definition) is 1. The fourth-order valence-electron chi connectivity index (χ4n) is 2.57. The zero-order valence-electron chi connectivity index (χ0n) is 9.43. The van der Waals surface area contributed by atoms with Gasteiger partial charge in [0.2, 0.25) is 0 Å². The van der Waals surface area contributed by atoms with Crippen LogP contribution in [0.25, 0.3) is 0 Å². The van der Waals surface area contributed by atoms with E-state index in [0.717, 1.165) is 36.9 Å². The van der Waals surface area contributed by atoms with E-state index in [1.807, 2.05) is 0 Å². The fraction of sp³-hybridized carbons (Fsp3) is 0.818. The first-order chi connectivity index (χ1) is 7.83. The zero-order chi connectivity index (χ0) is 11.0. The molecule has 88 valence electrons. The van der Waals surface area contributed by atoms with E-state index in [-0.39, 0.29) is 6.04 Å². The average molecular weight is 238 g/mol. The van der Waals surface area contributed by atoms with E-state index in [2.05, 4.69) is 26.5 Å². The lowest BCUT2D eigenvalue weighted by atomic mass is 10.1. The Labute approximate surface area is 100.0 Å². The van der Waals surface area contributed by atoms with Gasteiger partial charge in [-0.05, 0) is 25.0 Å². The summed E-state index contributed by atoms with van der Waals surface area (Å²) in [5, 5.41) is 9.38. The normalized spacial score (nSPS) is 29.3. The first-order valence-corrected chi connectivity index (χ1v) is 7.16. The Balaban J connectivity index is 1.75. The molecule has 0 amide bonds. The number of aromatic nitrogens is 3. The van der Waals surface area contributed by atoms with Crippen molar-refractivity contribution >= 4 is 11.8 Å². The molecule has 0 aliphatic carbocycles. The Bertz CT molecular complexity index is 370. The molecule has 1 aromatic heterocycles. The van der Waals surface area contributed by atoms with Crippen LogP contribution in [-0.2, 0) is 19.4 Å². The molecule has 3 heterocycles. The molecule has 0 bridgehead atoms. The van der Waals surface area contributed by atoms with E-state index in [0.29, 0.717) is 0 Å². The van der Waals surface area contributed by atoms with E-state index in [1.165, 1.54) is 24.4 Å². The summed E-state index contributed by atoms with van der Waals surface area (Å²) in [4.78, 5) is 0. The number of fused-ring (bicyclic) bond motifs is 1. The number of nitrogens with two attached hydrogens (primary N) is 1. The fourth-order valence-corrected chi connectivity index (χ4v) is 3.84. The van der Waals surface area contributed by atoms with Crippen LogP contribution in [-0.4, -0.2) is 31.8 Å². The summed E-state index contributed by atoms with van der Waals surface area (Å²) in [6.07, 6.45) is 5.75. The molecule has 0 spiro atoms. The molecule has 0 aromatic carbocycles. The van der Waals surface area contributed by atoms with Crippen molar-refractivity contribution in [3.8, 4) is 0 Å². The first kappa shape index (κ1) is 10.6. The van der Waals surface area contributed by atoms with Crippen LogP contribution in [0.5, 0.6) is 0 Å². The first-order valence-electron chi connectivity index (χ1n) is 6.11. The summed E-state index contributed by atoms with van der Waals surface area (Å²) < 4.78 is 2.29. The molecule has 0 radical (unpaired) electrons. The third-order valence-electron chi connectivity index (χ3n) is 3.51. The highest BCUT2D eigenvalue weighted by Gasteiger charge is 2.23. The standard InChI is InChI=1S/C11H18N4S/c12-8-3-4-15-10(6-8)13-14-11(15)7-9-2-1-5-16-9/h8-9H,1-7,12H2. The molecular formula is C11H18N4S. The van der Waals surface area contributed by atoms with Crippen molar-refractivity contribution in [2.45, 2.75) is 49.9 Å². The highest BCUT2D eigenvalue weighted by Crippen LogP contribution is 2.29. The molecule has 4 nitrogen and oxygen atoms in total. The maximum atomic E-state index is 5.94. The summed E-state index contributed by atoms with van der Waals surface area (Å²) in [6.45, 7) is 1.01. The van der Waals surface area contributed by atoms with E-state index in [4.69, 9.17) is 5.73 Å². The SMILES string of the molecule is NC1CCn2c(nnc2CC2CCCS2)C1. The van der Waals surface area contributed by atoms with Crippen molar-refractivity contribution < 1.29 is 0 Å². The largest absolute Gasteiger partial charge is 0.327 e. The van der Waals surface area contributed by atoms with Gasteiger partial charge in [-0.2, -0.15) is 11.8 Å². The van der Waals surface area contributed by atoms with Gasteiger partial charge in [-0.3, -0.25) is 0 Å². The van der Waals surface area contributed by atoms with Crippen molar-refractivity contribution in [3.63, 3.8) is 0 Å². The molecule has 3 rings (SSSR count). The summed E-state index contributed by atoms with van der Waals surface area (Å²) in [6, 6.07) is 0.283. The Hall–Kier alpha value is -0.550. The second-order valence-corrected chi connectivity index (χ2v) is 6.18. The molecule has 1 aromatic rings. The lowest BCUT2D eigenvalue weighted by Crippen LogP contribution is -2.31. The predicted octanol–water partition coefficient (Wildman–Crippen LogP) is 0.990. The van der Waals surface area contributed by atoms with Gasteiger partial charge in [0.25, 0.3) is 0 Å². The lowest BCUT2D eigenvalue weighted by molar-refractivity contribution is 0.452. The number of thioether (sulfide) groups is 1. The van der Waals surface area contributed by atoms with Gasteiger partial charge in [0.05, 0.1) is 0 Å². The van der Waals surface area contributed by atoms with Gasteiger partial charge in [0, 0.05) is 30.7 Å². The second-order valence-electron chi connectivity index (χ2n) is 4.78. The topological polar surface area (TPSA) is 56.7 Å². The Morgan fingerprint density at radius 1 is 1.38 bits per heavy atom. The molecule has 2 N–H and O–H groups in total. The molecule has 2 atom stereocenters. The zero-order valence-corrected chi connectivity index (χ0v) is 10.2. The minimum Gasteiger partial charge on any atom is -0.327 e. The Kier molecular flexibility index (Phi) is 2.90. The third-order valence-corrected chi connectivity index (χ3v) is 4.90. The maximum absolute atomic E-state index is 5.94. The summed E-state index contributed by atoms with van der Waals surface area (Å²) in [5.74, 6) is 3.59. The molecule has 2 aliphatic heterocycles. The van der Waals surface area contributed by atoms with Gasteiger partial charge < -0.3 is 10.3 Å². The van der Waals surface area contributed by atoms with Crippen molar-refractivity contribution in [1.82, 2.24) is 14.8 Å². The third kappa shape index (κ3) is 1.98. The summed E-state index contributed by atoms with van der Waals surface area (Å²) in [7, 11) is 0. The molecule has 0 saturated carbocycles. The molecule has 5 heteroatoms. The van der Waals surface area contributed by atoms with Gasteiger partial charge in [0.15, 0.2) is 0 Å². The molecular weight excluding hydrogens is 220 g/mol. The Morgan fingerprint density at radius 2 is 2.31 bits per heavy atom. The van der Waals surface area contributed by atoms with Crippen molar-refractivity contribution in [2.75, 3.05) is 5.75 Å². The van der Waals surface area contributed by atoms with Crippen LogP contribution >= 0.6 is 11.8 Å². The second kappa shape index (κ2) is 4.37. The van der Waals surface area contributed by atoms with Crippen molar-refractivity contribution in [2.24, 2.45) is 5.73 Å². The summed E-state index contributed by atoms with van der Waals surface area (Å²) in [5.41, 5.74) is 5.94. The van der Waals surface area contributed by atoms with Gasteiger partial charge in [-0.15, -0.1) is 10.2 Å². The van der Waals surface area contributed by atoms with Gasteiger partial charge >= 0.3 is 0 Å². The number of nitrogens with zero attached hydrogens (tertiary/aromatic N) is 3. The van der Waals surface area contributed by atoms with Crippen LogP contribution in [0, 0.1) is 0 Å². The van der Waals surface area contributed by atoms with Gasteiger partial charge in [-0.1, -0.05) is 0 Å². The van der Waals surface area contributed by atoms with Crippen LogP contribution in [0.1, 0.15) is 30.9 Å². The highest BCUT2D eigenvalue weighted by molar-refractivity contribution is 8.00. The molecule has 2 aliphatic rings. The number of rotatable bonds is 2. The van der Waals surface area contributed by atoms with E-state index in [1.54, 1.807) is 0 Å². The monoisotopic (exact) mass is 238 g/mol. The minimum absolute atomic E-state index is 0.283. The van der Waals surface area contributed by atoms with Gasteiger partial charge in [0.1, 0.15) is 11.6 Å². The quantitative estimate of drug-likeness (QED) is 0.835. The van der Waals surface area contributed by atoms with Crippen LogP contribution in [0.3, 0.4) is 0 Å². The predicted molar refractivity (Wildman–Crippen MR) is 65.5 cm³/mol. The smallest absolute Gasteiger partial charge is 0.134 e.